The molecule has 84 valence electrons. The Hall–Kier alpha value is -2.02. The fourth-order valence-corrected chi connectivity index (χ4v) is 2.36. The Morgan fingerprint density at radius 3 is 2.35 bits per heavy atom. The minimum Gasteiger partial charge on any atom is -0.323 e. The summed E-state index contributed by atoms with van der Waals surface area (Å²) < 4.78 is 2.22. The molecule has 17 heavy (non-hydrogen) atoms. The van der Waals surface area contributed by atoms with Crippen LogP contribution >= 0.6 is 0 Å². The lowest BCUT2D eigenvalue weighted by Crippen LogP contribution is -1.86. The van der Waals surface area contributed by atoms with Crippen LogP contribution in [0.5, 0.6) is 0 Å². The lowest BCUT2D eigenvalue weighted by atomic mass is 10.1. The van der Waals surface area contributed by atoms with E-state index in [0.29, 0.717) is 0 Å². The number of pyridine rings is 1. The lowest BCUT2D eigenvalue weighted by Gasteiger charge is -2.00. The molecule has 3 rings (SSSR count). The quantitative estimate of drug-likeness (QED) is 0.579. The first-order valence-corrected chi connectivity index (χ1v) is 5.88. The zero-order valence-corrected chi connectivity index (χ0v) is 10.1. The topological polar surface area (TPSA) is 4.41 Å². The molecule has 1 heteroatoms. The number of hydrogen-bond acceptors (Lipinski definition) is 0. The zero-order chi connectivity index (χ0) is 11.8. The van der Waals surface area contributed by atoms with Gasteiger partial charge in [0.15, 0.2) is 0 Å². The van der Waals surface area contributed by atoms with Crippen LogP contribution in [0.25, 0.3) is 16.6 Å². The van der Waals surface area contributed by atoms with E-state index in [1.54, 1.807) is 0 Å². The van der Waals surface area contributed by atoms with Crippen LogP contribution in [0, 0.1) is 13.8 Å². The number of benzene rings is 1. The first kappa shape index (κ1) is 10.2. The third-order valence-electron chi connectivity index (χ3n) is 3.15. The van der Waals surface area contributed by atoms with E-state index in [-0.39, 0.29) is 0 Å². The molecule has 0 saturated carbocycles. The second-order valence-corrected chi connectivity index (χ2v) is 4.59. The van der Waals surface area contributed by atoms with Crippen molar-refractivity contribution in [2.24, 2.45) is 0 Å². The number of aromatic nitrogens is 1. The third kappa shape index (κ3) is 1.74. The van der Waals surface area contributed by atoms with Crippen molar-refractivity contribution < 1.29 is 0 Å². The molecule has 1 nitrogen and oxygen atoms in total. The molecule has 0 fully saturated rings. The second-order valence-electron chi connectivity index (χ2n) is 4.59. The van der Waals surface area contributed by atoms with Crippen molar-refractivity contribution in [3.63, 3.8) is 0 Å². The van der Waals surface area contributed by atoms with Crippen LogP contribution in [0.3, 0.4) is 0 Å². The van der Waals surface area contributed by atoms with Crippen molar-refractivity contribution in [1.29, 1.82) is 0 Å². The van der Waals surface area contributed by atoms with Gasteiger partial charge in [-0.25, -0.2) is 0 Å². The van der Waals surface area contributed by atoms with Crippen molar-refractivity contribution in [2.75, 3.05) is 0 Å². The van der Waals surface area contributed by atoms with Crippen molar-refractivity contribution in [2.45, 2.75) is 13.8 Å². The molecule has 0 aliphatic carbocycles. The largest absolute Gasteiger partial charge is 0.323 e. The Bertz CT molecular complexity index is 663. The van der Waals surface area contributed by atoms with E-state index in [0.717, 1.165) is 0 Å². The summed E-state index contributed by atoms with van der Waals surface area (Å²) in [5.74, 6) is 0. The second kappa shape index (κ2) is 3.77. The highest BCUT2D eigenvalue weighted by atomic mass is 14.9. The normalized spacial score (nSPS) is 10.9. The molecule has 0 spiro atoms. The summed E-state index contributed by atoms with van der Waals surface area (Å²) in [6.45, 7) is 4.30. The molecule has 3 aromatic rings. The first-order chi connectivity index (χ1) is 8.24. The van der Waals surface area contributed by atoms with E-state index in [4.69, 9.17) is 0 Å². The smallest absolute Gasteiger partial charge is 0.0485 e. The van der Waals surface area contributed by atoms with Crippen LogP contribution in [0.4, 0.5) is 0 Å². The van der Waals surface area contributed by atoms with Crippen LogP contribution in [0.2, 0.25) is 0 Å². The number of aryl methyl sites for hydroxylation is 2. The van der Waals surface area contributed by atoms with Crippen LogP contribution in [0.1, 0.15) is 11.1 Å². The van der Waals surface area contributed by atoms with Gasteiger partial charge >= 0.3 is 0 Å². The van der Waals surface area contributed by atoms with Crippen molar-refractivity contribution >= 4 is 5.52 Å². The van der Waals surface area contributed by atoms with Gasteiger partial charge in [-0.3, -0.25) is 0 Å². The van der Waals surface area contributed by atoms with E-state index < -0.39 is 0 Å². The maximum atomic E-state index is 2.25. The molecule has 1 aromatic carbocycles. The standard InChI is InChI=1S/C16H15N/c1-12-8-13(2)16-9-15(11-17(16)10-12)14-6-4-3-5-7-14/h3-11H,1-2H3. The first-order valence-electron chi connectivity index (χ1n) is 5.88. The Kier molecular flexibility index (Phi) is 2.25. The molecule has 0 aliphatic heterocycles. The molecule has 0 unspecified atom stereocenters. The zero-order valence-electron chi connectivity index (χ0n) is 10.1. The highest BCUT2D eigenvalue weighted by Gasteiger charge is 2.04. The summed E-state index contributed by atoms with van der Waals surface area (Å²) in [7, 11) is 0. The van der Waals surface area contributed by atoms with Gasteiger partial charge in [-0.2, -0.15) is 0 Å². The number of rotatable bonds is 1. The van der Waals surface area contributed by atoms with E-state index in [2.05, 4.69) is 73.1 Å². The summed E-state index contributed by atoms with van der Waals surface area (Å²) in [5, 5.41) is 0. The summed E-state index contributed by atoms with van der Waals surface area (Å²) in [6.07, 6.45) is 4.37. The van der Waals surface area contributed by atoms with Gasteiger partial charge in [0.2, 0.25) is 0 Å². The maximum Gasteiger partial charge on any atom is 0.0485 e. The molecule has 0 atom stereocenters. The van der Waals surface area contributed by atoms with Crippen LogP contribution < -0.4 is 0 Å². The summed E-state index contributed by atoms with van der Waals surface area (Å²) >= 11 is 0. The highest BCUT2D eigenvalue weighted by molar-refractivity contribution is 5.72. The van der Waals surface area contributed by atoms with Gasteiger partial charge in [-0.15, -0.1) is 0 Å². The molecule has 0 amide bonds. The molecule has 0 aliphatic rings. The summed E-state index contributed by atoms with van der Waals surface area (Å²) in [5.41, 5.74) is 6.46. The molecule has 2 aromatic heterocycles. The van der Waals surface area contributed by atoms with Gasteiger partial charge in [0.05, 0.1) is 0 Å². The number of hydrogen-bond donors (Lipinski definition) is 0. The van der Waals surface area contributed by atoms with E-state index in [9.17, 15) is 0 Å². The van der Waals surface area contributed by atoms with Gasteiger partial charge in [0, 0.05) is 23.5 Å². The third-order valence-corrected chi connectivity index (χ3v) is 3.15. The molecule has 0 N–H and O–H groups in total. The van der Waals surface area contributed by atoms with Gasteiger partial charge in [-0.05, 0) is 36.6 Å². The fourth-order valence-electron chi connectivity index (χ4n) is 2.36. The van der Waals surface area contributed by atoms with Gasteiger partial charge in [0.25, 0.3) is 0 Å². The summed E-state index contributed by atoms with van der Waals surface area (Å²) in [6, 6.07) is 15.0. The molecular weight excluding hydrogens is 206 g/mol. The Labute approximate surface area is 101 Å². The minimum absolute atomic E-state index is 1.27. The number of nitrogens with zero attached hydrogens (tertiary/aromatic N) is 1. The highest BCUT2D eigenvalue weighted by Crippen LogP contribution is 2.24. The molecule has 0 radical (unpaired) electrons. The molecule has 0 saturated heterocycles. The molecule has 0 bridgehead atoms. The predicted molar refractivity (Wildman–Crippen MR) is 72.3 cm³/mol. The maximum absolute atomic E-state index is 2.25. The van der Waals surface area contributed by atoms with Crippen molar-refractivity contribution in [1.82, 2.24) is 4.40 Å². The Morgan fingerprint density at radius 1 is 0.824 bits per heavy atom. The lowest BCUT2D eigenvalue weighted by molar-refractivity contribution is 1.15. The van der Waals surface area contributed by atoms with Gasteiger partial charge in [0.1, 0.15) is 0 Å². The summed E-state index contributed by atoms with van der Waals surface area (Å²) in [4.78, 5) is 0. The minimum atomic E-state index is 1.27. The average Bonchev–Trinajstić information content (AvgIpc) is 2.74. The fraction of sp³-hybridized carbons (Fsp3) is 0.125. The van der Waals surface area contributed by atoms with Crippen molar-refractivity contribution in [3.05, 3.63) is 66.0 Å². The van der Waals surface area contributed by atoms with E-state index >= 15 is 0 Å². The SMILES string of the molecule is Cc1cc(C)c2cc(-c3ccccc3)cn2c1. The average molecular weight is 221 g/mol. The Morgan fingerprint density at radius 2 is 1.59 bits per heavy atom. The van der Waals surface area contributed by atoms with Crippen molar-refractivity contribution in [3.8, 4) is 11.1 Å². The van der Waals surface area contributed by atoms with E-state index in [1.165, 1.54) is 27.8 Å². The van der Waals surface area contributed by atoms with Crippen LogP contribution in [-0.2, 0) is 0 Å². The predicted octanol–water partition coefficient (Wildman–Crippen LogP) is 4.22. The Balaban J connectivity index is 2.24. The number of fused-ring (bicyclic) bond motifs is 1. The molecule has 2 heterocycles. The molecular formula is C16H15N. The van der Waals surface area contributed by atoms with Crippen LogP contribution in [0.15, 0.2) is 54.9 Å². The van der Waals surface area contributed by atoms with E-state index in [1.807, 2.05) is 0 Å². The van der Waals surface area contributed by atoms with Crippen LogP contribution in [-0.4, -0.2) is 4.40 Å². The van der Waals surface area contributed by atoms with Gasteiger partial charge < -0.3 is 4.40 Å². The van der Waals surface area contributed by atoms with Gasteiger partial charge in [-0.1, -0.05) is 36.4 Å². The monoisotopic (exact) mass is 221 g/mol.